The van der Waals surface area contributed by atoms with Gasteiger partial charge in [0.05, 0.1) is 12.3 Å². The quantitative estimate of drug-likeness (QED) is 0.546. The predicted octanol–water partition coefficient (Wildman–Crippen LogP) is 2.20. The van der Waals surface area contributed by atoms with E-state index in [4.69, 9.17) is 16.3 Å². The summed E-state index contributed by atoms with van der Waals surface area (Å²) in [6.45, 7) is 7.41. The topological polar surface area (TPSA) is 39.1 Å². The van der Waals surface area contributed by atoms with Gasteiger partial charge in [0.1, 0.15) is 0 Å². The molecule has 0 aromatic carbocycles. The average Bonchev–Trinajstić information content (AvgIpc) is 2.77. The molecule has 0 unspecified atom stereocenters. The number of nitrogens with zero attached hydrogens (tertiary/aromatic N) is 2. The number of nitrogens with one attached hydrogen (secondary N) is 1. The molecule has 1 aromatic heterocycles. The smallest absolute Gasteiger partial charge is 0.0762 e. The SMILES string of the molecule is CC(C)n1ccc(CNCCCOCCCl)n1. The van der Waals surface area contributed by atoms with Crippen molar-refractivity contribution in [2.45, 2.75) is 32.9 Å². The van der Waals surface area contributed by atoms with Crippen LogP contribution in [0.25, 0.3) is 0 Å². The maximum Gasteiger partial charge on any atom is 0.0762 e. The van der Waals surface area contributed by atoms with Gasteiger partial charge in [-0.15, -0.1) is 11.6 Å². The number of rotatable bonds is 9. The summed E-state index contributed by atoms with van der Waals surface area (Å²) in [4.78, 5) is 0. The standard InChI is InChI=1S/C12H22ClN3O/c1-11(2)16-7-4-12(15-16)10-14-6-3-8-17-9-5-13/h4,7,11,14H,3,5-6,8-10H2,1-2H3. The van der Waals surface area contributed by atoms with Gasteiger partial charge in [0, 0.05) is 31.3 Å². The molecule has 1 aromatic rings. The second kappa shape index (κ2) is 8.50. The number of hydrogen-bond donors (Lipinski definition) is 1. The van der Waals surface area contributed by atoms with Gasteiger partial charge in [-0.25, -0.2) is 0 Å². The molecule has 0 aliphatic carbocycles. The van der Waals surface area contributed by atoms with Crippen LogP contribution >= 0.6 is 11.6 Å². The zero-order chi connectivity index (χ0) is 12.5. The van der Waals surface area contributed by atoms with Gasteiger partial charge in [0.15, 0.2) is 0 Å². The first-order valence-electron chi connectivity index (χ1n) is 6.12. The average molecular weight is 260 g/mol. The van der Waals surface area contributed by atoms with Crippen molar-refractivity contribution in [2.24, 2.45) is 0 Å². The Morgan fingerprint density at radius 1 is 1.47 bits per heavy atom. The van der Waals surface area contributed by atoms with Crippen molar-refractivity contribution in [1.29, 1.82) is 0 Å². The Morgan fingerprint density at radius 3 is 2.94 bits per heavy atom. The minimum Gasteiger partial charge on any atom is -0.380 e. The molecule has 1 N–H and O–H groups in total. The first-order chi connectivity index (χ1) is 8.24. The Kier molecular flexibility index (Phi) is 7.24. The molecule has 0 amide bonds. The van der Waals surface area contributed by atoms with Crippen molar-refractivity contribution >= 4 is 11.6 Å². The molecule has 1 heterocycles. The van der Waals surface area contributed by atoms with E-state index in [1.54, 1.807) is 0 Å². The highest BCUT2D eigenvalue weighted by Crippen LogP contribution is 2.03. The summed E-state index contributed by atoms with van der Waals surface area (Å²) in [6.07, 6.45) is 3.02. The summed E-state index contributed by atoms with van der Waals surface area (Å²) in [5, 5.41) is 7.80. The van der Waals surface area contributed by atoms with E-state index in [0.717, 1.165) is 31.8 Å². The zero-order valence-electron chi connectivity index (χ0n) is 10.7. The molecular formula is C12H22ClN3O. The van der Waals surface area contributed by atoms with Crippen molar-refractivity contribution in [2.75, 3.05) is 25.6 Å². The third kappa shape index (κ3) is 6.05. The Labute approximate surface area is 108 Å². The molecule has 4 nitrogen and oxygen atoms in total. The van der Waals surface area contributed by atoms with E-state index in [9.17, 15) is 0 Å². The molecular weight excluding hydrogens is 238 g/mol. The lowest BCUT2D eigenvalue weighted by atomic mass is 10.4. The van der Waals surface area contributed by atoms with E-state index in [1.165, 1.54) is 0 Å². The Balaban J connectivity index is 2.05. The van der Waals surface area contributed by atoms with Crippen LogP contribution in [0.15, 0.2) is 12.3 Å². The van der Waals surface area contributed by atoms with Crippen LogP contribution in [0.2, 0.25) is 0 Å². The summed E-state index contributed by atoms with van der Waals surface area (Å²) in [5.41, 5.74) is 1.08. The van der Waals surface area contributed by atoms with Crippen LogP contribution in [0, 0.1) is 0 Å². The number of alkyl halides is 1. The second-order valence-corrected chi connectivity index (χ2v) is 4.59. The Hall–Kier alpha value is -0.580. The van der Waals surface area contributed by atoms with Gasteiger partial charge >= 0.3 is 0 Å². The molecule has 98 valence electrons. The fourth-order valence-corrected chi connectivity index (χ4v) is 1.54. The van der Waals surface area contributed by atoms with Gasteiger partial charge in [-0.1, -0.05) is 0 Å². The van der Waals surface area contributed by atoms with Gasteiger partial charge in [-0.3, -0.25) is 4.68 Å². The summed E-state index contributed by atoms with van der Waals surface area (Å²) in [5.74, 6) is 0.570. The molecule has 1 rings (SSSR count). The predicted molar refractivity (Wildman–Crippen MR) is 70.5 cm³/mol. The van der Waals surface area contributed by atoms with E-state index < -0.39 is 0 Å². The first kappa shape index (κ1) is 14.5. The van der Waals surface area contributed by atoms with Crippen LogP contribution in [0.3, 0.4) is 0 Å². The van der Waals surface area contributed by atoms with Gasteiger partial charge in [-0.2, -0.15) is 5.10 Å². The van der Waals surface area contributed by atoms with E-state index in [2.05, 4.69) is 30.3 Å². The maximum absolute atomic E-state index is 5.50. The van der Waals surface area contributed by atoms with Crippen LogP contribution in [-0.2, 0) is 11.3 Å². The van der Waals surface area contributed by atoms with E-state index in [-0.39, 0.29) is 0 Å². The summed E-state index contributed by atoms with van der Waals surface area (Å²) in [7, 11) is 0. The van der Waals surface area contributed by atoms with Crippen molar-refractivity contribution in [3.63, 3.8) is 0 Å². The monoisotopic (exact) mass is 259 g/mol. The number of halogens is 1. The highest BCUT2D eigenvalue weighted by Gasteiger charge is 2.00. The van der Waals surface area contributed by atoms with Crippen molar-refractivity contribution in [3.8, 4) is 0 Å². The number of aromatic nitrogens is 2. The minimum atomic E-state index is 0.424. The molecule has 0 bridgehead atoms. The zero-order valence-corrected chi connectivity index (χ0v) is 11.4. The molecule has 0 atom stereocenters. The highest BCUT2D eigenvalue weighted by atomic mass is 35.5. The largest absolute Gasteiger partial charge is 0.380 e. The summed E-state index contributed by atoms with van der Waals surface area (Å²) >= 11 is 5.50. The van der Waals surface area contributed by atoms with Crippen molar-refractivity contribution in [3.05, 3.63) is 18.0 Å². The van der Waals surface area contributed by atoms with E-state index >= 15 is 0 Å². The summed E-state index contributed by atoms with van der Waals surface area (Å²) in [6, 6.07) is 2.48. The van der Waals surface area contributed by atoms with E-state index in [1.807, 2.05) is 10.9 Å². The highest BCUT2D eigenvalue weighted by molar-refractivity contribution is 6.17. The minimum absolute atomic E-state index is 0.424. The molecule has 0 radical (unpaired) electrons. The van der Waals surface area contributed by atoms with Crippen LogP contribution in [0.1, 0.15) is 32.0 Å². The van der Waals surface area contributed by atoms with Crippen LogP contribution < -0.4 is 5.32 Å². The second-order valence-electron chi connectivity index (χ2n) is 4.21. The van der Waals surface area contributed by atoms with Crippen LogP contribution in [0.4, 0.5) is 0 Å². The fourth-order valence-electron chi connectivity index (χ4n) is 1.43. The molecule has 0 saturated heterocycles. The van der Waals surface area contributed by atoms with Crippen molar-refractivity contribution < 1.29 is 4.74 Å². The van der Waals surface area contributed by atoms with Gasteiger partial charge in [-0.05, 0) is 32.9 Å². The third-order valence-electron chi connectivity index (χ3n) is 2.36. The molecule has 17 heavy (non-hydrogen) atoms. The van der Waals surface area contributed by atoms with Crippen molar-refractivity contribution in [1.82, 2.24) is 15.1 Å². The summed E-state index contributed by atoms with van der Waals surface area (Å²) < 4.78 is 7.25. The lowest BCUT2D eigenvalue weighted by molar-refractivity contribution is 0.146. The van der Waals surface area contributed by atoms with Gasteiger partial charge < -0.3 is 10.1 Å². The molecule has 0 saturated carbocycles. The normalized spacial score (nSPS) is 11.3. The number of hydrogen-bond acceptors (Lipinski definition) is 3. The Bertz CT molecular complexity index is 302. The Morgan fingerprint density at radius 2 is 2.29 bits per heavy atom. The maximum atomic E-state index is 5.50. The third-order valence-corrected chi connectivity index (χ3v) is 2.52. The lowest BCUT2D eigenvalue weighted by Gasteiger charge is -2.05. The number of ether oxygens (including phenoxy) is 1. The van der Waals surface area contributed by atoms with Crippen LogP contribution in [0.5, 0.6) is 0 Å². The van der Waals surface area contributed by atoms with Gasteiger partial charge in [0.2, 0.25) is 0 Å². The molecule has 0 fully saturated rings. The fraction of sp³-hybridized carbons (Fsp3) is 0.750. The molecule has 0 spiro atoms. The molecule has 0 aliphatic heterocycles. The van der Waals surface area contributed by atoms with Crippen LogP contribution in [-0.4, -0.2) is 35.4 Å². The van der Waals surface area contributed by atoms with E-state index in [0.29, 0.717) is 18.5 Å². The molecule has 5 heteroatoms. The lowest BCUT2D eigenvalue weighted by Crippen LogP contribution is -2.17. The first-order valence-corrected chi connectivity index (χ1v) is 6.66. The van der Waals surface area contributed by atoms with Gasteiger partial charge in [0.25, 0.3) is 0 Å². The molecule has 0 aliphatic rings.